The van der Waals surface area contributed by atoms with Crippen molar-refractivity contribution in [3.63, 3.8) is 0 Å². The Bertz CT molecular complexity index is 269. The second-order valence-electron chi connectivity index (χ2n) is 3.82. The van der Waals surface area contributed by atoms with Crippen LogP contribution < -0.4 is 0 Å². The van der Waals surface area contributed by atoms with Crippen molar-refractivity contribution < 1.29 is 14.6 Å². The zero-order valence-electron chi connectivity index (χ0n) is 8.94. The quantitative estimate of drug-likeness (QED) is 0.839. The zero-order valence-corrected chi connectivity index (χ0v) is 10.5. The normalized spacial score (nSPS) is 30.4. The number of hydrogen-bond donors (Lipinski definition) is 1. The van der Waals surface area contributed by atoms with Gasteiger partial charge in [-0.3, -0.25) is 4.90 Å². The van der Waals surface area contributed by atoms with E-state index in [1.807, 2.05) is 6.92 Å². The lowest BCUT2D eigenvalue weighted by Crippen LogP contribution is -2.42. The number of hydrogen-bond acceptors (Lipinski definition) is 3. The maximum atomic E-state index is 11.5. The van der Waals surface area contributed by atoms with Gasteiger partial charge in [-0.05, 0) is 17.8 Å². The van der Waals surface area contributed by atoms with Crippen molar-refractivity contribution in [2.24, 2.45) is 0 Å². The van der Waals surface area contributed by atoms with Crippen molar-refractivity contribution in [1.82, 2.24) is 4.90 Å². The molecule has 1 rings (SSSR count). The Morgan fingerprint density at radius 3 is 2.80 bits per heavy atom. The standard InChI is InChI=1S/C10H16BrNO3/c1-6(11)4-8-9(13)5-7(2)12(8)10(14)15-3/h7-9,13H,1,4-5H2,2-3H3/t7-,8-,9-/m1/s1. The molecule has 0 bridgehead atoms. The maximum absolute atomic E-state index is 11.5. The van der Waals surface area contributed by atoms with Crippen molar-refractivity contribution in [2.45, 2.75) is 38.0 Å². The Morgan fingerprint density at radius 2 is 2.33 bits per heavy atom. The summed E-state index contributed by atoms with van der Waals surface area (Å²) in [6, 6.07) is -0.233. The molecule has 1 aliphatic rings. The van der Waals surface area contributed by atoms with Crippen LogP contribution in [0, 0.1) is 0 Å². The molecule has 1 heterocycles. The molecule has 15 heavy (non-hydrogen) atoms. The van der Waals surface area contributed by atoms with E-state index in [1.165, 1.54) is 7.11 Å². The van der Waals surface area contributed by atoms with Gasteiger partial charge in [0, 0.05) is 12.5 Å². The van der Waals surface area contributed by atoms with Crippen molar-refractivity contribution in [3.8, 4) is 0 Å². The van der Waals surface area contributed by atoms with E-state index in [1.54, 1.807) is 4.90 Å². The van der Waals surface area contributed by atoms with Crippen molar-refractivity contribution >= 4 is 22.0 Å². The molecule has 0 aliphatic carbocycles. The molecule has 0 radical (unpaired) electrons. The highest BCUT2D eigenvalue weighted by molar-refractivity contribution is 9.11. The molecule has 0 aromatic rings. The second kappa shape index (κ2) is 4.99. The minimum absolute atomic E-state index is 0.00398. The molecule has 1 fully saturated rings. The third-order valence-electron chi connectivity index (χ3n) is 2.67. The van der Waals surface area contributed by atoms with Gasteiger partial charge in [0.2, 0.25) is 0 Å². The number of aliphatic hydroxyl groups excluding tert-OH is 1. The molecular formula is C10H16BrNO3. The highest BCUT2D eigenvalue weighted by Crippen LogP contribution is 2.30. The summed E-state index contributed by atoms with van der Waals surface area (Å²) in [7, 11) is 1.35. The first-order chi connectivity index (χ1) is 6.97. The summed E-state index contributed by atoms with van der Waals surface area (Å²) < 4.78 is 5.47. The number of carbonyl (C=O) groups is 1. The molecule has 1 N–H and O–H groups in total. The fourth-order valence-electron chi connectivity index (χ4n) is 2.01. The molecule has 0 saturated carbocycles. The van der Waals surface area contributed by atoms with Crippen LogP contribution in [0.3, 0.4) is 0 Å². The maximum Gasteiger partial charge on any atom is 0.410 e. The van der Waals surface area contributed by atoms with Gasteiger partial charge in [0.25, 0.3) is 0 Å². The predicted molar refractivity (Wildman–Crippen MR) is 60.8 cm³/mol. The third kappa shape index (κ3) is 2.72. The van der Waals surface area contributed by atoms with E-state index in [9.17, 15) is 9.90 Å². The van der Waals surface area contributed by atoms with Crippen LogP contribution in [0.2, 0.25) is 0 Å². The van der Waals surface area contributed by atoms with Crippen LogP contribution in [0.4, 0.5) is 4.79 Å². The summed E-state index contributed by atoms with van der Waals surface area (Å²) in [6.07, 6.45) is 0.229. The molecule has 4 nitrogen and oxygen atoms in total. The van der Waals surface area contributed by atoms with Gasteiger partial charge in [-0.25, -0.2) is 4.79 Å². The van der Waals surface area contributed by atoms with Crippen LogP contribution in [-0.2, 0) is 4.74 Å². The number of nitrogens with zero attached hydrogens (tertiary/aromatic N) is 1. The summed E-state index contributed by atoms with van der Waals surface area (Å²) in [4.78, 5) is 13.1. The SMILES string of the molecule is C=C(Br)C[C@@H]1[C@H](O)C[C@@H](C)N1C(=O)OC. The average Bonchev–Trinajstić information content (AvgIpc) is 2.40. The first kappa shape index (κ1) is 12.5. The van der Waals surface area contributed by atoms with Crippen LogP contribution in [0.25, 0.3) is 0 Å². The van der Waals surface area contributed by atoms with Crippen LogP contribution in [0.15, 0.2) is 11.1 Å². The van der Waals surface area contributed by atoms with E-state index in [0.717, 1.165) is 4.48 Å². The van der Waals surface area contributed by atoms with Crippen LogP contribution in [-0.4, -0.2) is 41.4 Å². The van der Waals surface area contributed by atoms with Gasteiger partial charge in [-0.1, -0.05) is 22.5 Å². The second-order valence-corrected chi connectivity index (χ2v) is 4.94. The van der Waals surface area contributed by atoms with Gasteiger partial charge in [0.05, 0.1) is 19.3 Å². The fourth-order valence-corrected chi connectivity index (χ4v) is 2.35. The third-order valence-corrected chi connectivity index (χ3v) is 3.00. The van der Waals surface area contributed by atoms with Gasteiger partial charge >= 0.3 is 6.09 Å². The van der Waals surface area contributed by atoms with Gasteiger partial charge in [0.1, 0.15) is 0 Å². The molecule has 86 valence electrons. The fraction of sp³-hybridized carbons (Fsp3) is 0.700. The monoisotopic (exact) mass is 277 g/mol. The van der Waals surface area contributed by atoms with Crippen LogP contribution in [0.5, 0.6) is 0 Å². The molecule has 5 heteroatoms. The number of halogens is 1. The van der Waals surface area contributed by atoms with Crippen LogP contribution in [0.1, 0.15) is 19.8 Å². The summed E-state index contributed by atoms with van der Waals surface area (Å²) in [5.41, 5.74) is 0. The molecule has 3 atom stereocenters. The van der Waals surface area contributed by atoms with Gasteiger partial charge in [-0.15, -0.1) is 0 Å². The minimum atomic E-state index is -0.506. The first-order valence-corrected chi connectivity index (χ1v) is 5.64. The Balaban J connectivity index is 2.79. The molecule has 1 saturated heterocycles. The Kier molecular flexibility index (Phi) is 4.16. The number of carbonyl (C=O) groups excluding carboxylic acids is 1. The lowest BCUT2D eigenvalue weighted by Gasteiger charge is -2.27. The molecule has 0 unspecified atom stereocenters. The lowest BCUT2D eigenvalue weighted by atomic mass is 10.1. The van der Waals surface area contributed by atoms with Crippen molar-refractivity contribution in [1.29, 1.82) is 0 Å². The van der Waals surface area contributed by atoms with E-state index in [-0.39, 0.29) is 12.1 Å². The van der Waals surface area contributed by atoms with Crippen molar-refractivity contribution in [3.05, 3.63) is 11.1 Å². The molecule has 0 aromatic heterocycles. The smallest absolute Gasteiger partial charge is 0.410 e. The van der Waals surface area contributed by atoms with E-state index in [2.05, 4.69) is 22.5 Å². The summed E-state index contributed by atoms with van der Waals surface area (Å²) in [6.45, 7) is 5.62. The minimum Gasteiger partial charge on any atom is -0.453 e. The molecule has 1 aliphatic heterocycles. The number of aliphatic hydroxyl groups is 1. The highest BCUT2D eigenvalue weighted by Gasteiger charge is 2.41. The first-order valence-electron chi connectivity index (χ1n) is 4.85. The Morgan fingerprint density at radius 1 is 1.73 bits per heavy atom. The van der Waals surface area contributed by atoms with Crippen molar-refractivity contribution in [2.75, 3.05) is 7.11 Å². The number of likely N-dealkylation sites (tertiary alicyclic amines) is 1. The number of amides is 1. The molecule has 1 amide bonds. The molecule has 0 aromatic carbocycles. The largest absolute Gasteiger partial charge is 0.453 e. The lowest BCUT2D eigenvalue weighted by molar-refractivity contribution is 0.0827. The molecule has 0 spiro atoms. The summed E-state index contributed by atoms with van der Waals surface area (Å²) in [5.74, 6) is 0. The highest BCUT2D eigenvalue weighted by atomic mass is 79.9. The number of methoxy groups -OCH3 is 1. The van der Waals surface area contributed by atoms with Gasteiger partial charge in [-0.2, -0.15) is 0 Å². The van der Waals surface area contributed by atoms with Gasteiger partial charge < -0.3 is 9.84 Å². The van der Waals surface area contributed by atoms with E-state index >= 15 is 0 Å². The number of ether oxygens (including phenoxy) is 1. The van der Waals surface area contributed by atoms with E-state index < -0.39 is 12.2 Å². The molecular weight excluding hydrogens is 262 g/mol. The zero-order chi connectivity index (χ0) is 11.6. The average molecular weight is 278 g/mol. The van der Waals surface area contributed by atoms with E-state index in [4.69, 9.17) is 4.74 Å². The summed E-state index contributed by atoms with van der Waals surface area (Å²) in [5, 5.41) is 9.81. The topological polar surface area (TPSA) is 49.8 Å². The number of rotatable bonds is 2. The summed E-state index contributed by atoms with van der Waals surface area (Å²) >= 11 is 3.25. The predicted octanol–water partition coefficient (Wildman–Crippen LogP) is 1.88. The van der Waals surface area contributed by atoms with E-state index in [0.29, 0.717) is 12.8 Å². The van der Waals surface area contributed by atoms with Crippen LogP contribution >= 0.6 is 15.9 Å². The Labute approximate surface area is 98.0 Å². The van der Waals surface area contributed by atoms with Gasteiger partial charge in [0.15, 0.2) is 0 Å². The Hall–Kier alpha value is -0.550.